The summed E-state index contributed by atoms with van der Waals surface area (Å²) in [6, 6.07) is 3.71. The second-order valence-corrected chi connectivity index (χ2v) is 4.58. The van der Waals surface area contributed by atoms with Gasteiger partial charge in [0.25, 0.3) is 0 Å². The molecule has 1 aromatic rings. The molecule has 0 spiro atoms. The summed E-state index contributed by atoms with van der Waals surface area (Å²) in [6.07, 6.45) is 0.618. The predicted molar refractivity (Wildman–Crippen MR) is 64.5 cm³/mol. The molecule has 19 heavy (non-hydrogen) atoms. The Morgan fingerprint density at radius 3 is 2.63 bits per heavy atom. The van der Waals surface area contributed by atoms with E-state index in [4.69, 9.17) is 5.11 Å². The van der Waals surface area contributed by atoms with Gasteiger partial charge < -0.3 is 5.11 Å². The summed E-state index contributed by atoms with van der Waals surface area (Å²) < 4.78 is 13.2. The summed E-state index contributed by atoms with van der Waals surface area (Å²) in [7, 11) is 0. The molecular weight excluding hydrogens is 249 g/mol. The number of piperidine rings is 1. The third-order valence-electron chi connectivity index (χ3n) is 3.37. The van der Waals surface area contributed by atoms with Gasteiger partial charge in [0.2, 0.25) is 11.8 Å². The summed E-state index contributed by atoms with van der Waals surface area (Å²) in [4.78, 5) is 25.0. The lowest BCUT2D eigenvalue weighted by Crippen LogP contribution is -2.33. The van der Waals surface area contributed by atoms with Gasteiger partial charge >= 0.3 is 0 Å². The number of amides is 2. The third-order valence-corrected chi connectivity index (χ3v) is 3.37. The first-order chi connectivity index (χ1) is 9.13. The molecule has 1 aliphatic carbocycles. The van der Waals surface area contributed by atoms with Crippen molar-refractivity contribution in [2.24, 2.45) is 11.8 Å². The summed E-state index contributed by atoms with van der Waals surface area (Å²) in [5.74, 6) is 3.55. The second-order valence-electron chi connectivity index (χ2n) is 4.58. The molecule has 1 heterocycles. The maximum Gasteiger partial charge on any atom is 0.237 e. The van der Waals surface area contributed by atoms with E-state index in [0.717, 1.165) is 11.0 Å². The van der Waals surface area contributed by atoms with Gasteiger partial charge in [-0.3, -0.25) is 9.59 Å². The highest BCUT2D eigenvalue weighted by atomic mass is 19.1. The molecule has 5 heteroatoms. The van der Waals surface area contributed by atoms with Gasteiger partial charge in [-0.15, -0.1) is 0 Å². The molecule has 1 N–H and O–H groups in total. The molecule has 0 bridgehead atoms. The molecule has 0 radical (unpaired) electrons. The quantitative estimate of drug-likeness (QED) is 0.596. The maximum absolute atomic E-state index is 13.2. The van der Waals surface area contributed by atoms with E-state index in [-0.39, 0.29) is 35.8 Å². The van der Waals surface area contributed by atoms with Crippen LogP contribution < -0.4 is 4.90 Å². The minimum absolute atomic E-state index is 0.212. The standard InChI is InChI=1S/C14H10FNO3/c15-9-3-4-12(8(6-9)2-1-5-17)16-13(18)10-7-11(10)14(16)19/h3-4,6,10-11,17H,5,7H2. The lowest BCUT2D eigenvalue weighted by Gasteiger charge is -2.18. The Morgan fingerprint density at radius 1 is 1.32 bits per heavy atom. The number of rotatable bonds is 1. The van der Waals surface area contributed by atoms with E-state index in [9.17, 15) is 14.0 Å². The number of nitrogens with zero attached hydrogens (tertiary/aromatic N) is 1. The number of carbonyl (C=O) groups excluding carboxylic acids is 2. The van der Waals surface area contributed by atoms with Crippen LogP contribution >= 0.6 is 0 Å². The molecule has 1 aliphatic heterocycles. The Labute approximate surface area is 108 Å². The van der Waals surface area contributed by atoms with Gasteiger partial charge in [-0.05, 0) is 24.6 Å². The fraction of sp³-hybridized carbons (Fsp3) is 0.286. The number of anilines is 1. The zero-order valence-corrected chi connectivity index (χ0v) is 9.89. The van der Waals surface area contributed by atoms with Crippen molar-refractivity contribution in [2.45, 2.75) is 6.42 Å². The highest BCUT2D eigenvalue weighted by Crippen LogP contribution is 2.48. The van der Waals surface area contributed by atoms with Crippen molar-refractivity contribution in [2.75, 3.05) is 11.5 Å². The molecule has 96 valence electrons. The monoisotopic (exact) mass is 259 g/mol. The molecular formula is C14H10FNO3. The molecule has 4 nitrogen and oxygen atoms in total. The average Bonchev–Trinajstić information content (AvgIpc) is 3.14. The molecule has 1 saturated carbocycles. The van der Waals surface area contributed by atoms with Crippen LogP contribution in [0.3, 0.4) is 0 Å². The zero-order chi connectivity index (χ0) is 13.6. The third kappa shape index (κ3) is 1.81. The van der Waals surface area contributed by atoms with E-state index in [1.807, 2.05) is 0 Å². The first kappa shape index (κ1) is 11.9. The minimum Gasteiger partial charge on any atom is -0.384 e. The van der Waals surface area contributed by atoms with Crippen molar-refractivity contribution in [1.29, 1.82) is 0 Å². The van der Waals surface area contributed by atoms with E-state index in [0.29, 0.717) is 12.1 Å². The van der Waals surface area contributed by atoms with E-state index in [2.05, 4.69) is 11.8 Å². The van der Waals surface area contributed by atoms with Crippen LogP contribution in [0.4, 0.5) is 10.1 Å². The van der Waals surface area contributed by atoms with Crippen molar-refractivity contribution in [3.63, 3.8) is 0 Å². The SMILES string of the molecule is O=C1C2CC2C(=O)N1c1ccc(F)cc1C#CCO. The number of halogens is 1. The van der Waals surface area contributed by atoms with Crippen LogP contribution in [0.15, 0.2) is 18.2 Å². The first-order valence-corrected chi connectivity index (χ1v) is 5.90. The predicted octanol–water partition coefficient (Wildman–Crippen LogP) is 0.679. The maximum atomic E-state index is 13.2. The van der Waals surface area contributed by atoms with Gasteiger partial charge in [-0.2, -0.15) is 0 Å². The molecule has 2 amide bonds. The number of aliphatic hydroxyl groups is 1. The van der Waals surface area contributed by atoms with Crippen LogP contribution in [0.2, 0.25) is 0 Å². The lowest BCUT2D eigenvalue weighted by molar-refractivity contribution is -0.123. The molecule has 2 aliphatic rings. The van der Waals surface area contributed by atoms with Crippen LogP contribution in [-0.4, -0.2) is 23.5 Å². The van der Waals surface area contributed by atoms with Crippen molar-refractivity contribution in [3.05, 3.63) is 29.6 Å². The minimum atomic E-state index is -0.504. The Balaban J connectivity index is 2.05. The summed E-state index contributed by atoms with van der Waals surface area (Å²) in [5.41, 5.74) is 0.529. The number of benzene rings is 1. The first-order valence-electron chi connectivity index (χ1n) is 5.90. The number of hydrogen-bond donors (Lipinski definition) is 1. The smallest absolute Gasteiger partial charge is 0.237 e. The van der Waals surface area contributed by atoms with E-state index in [1.54, 1.807) is 0 Å². The van der Waals surface area contributed by atoms with E-state index in [1.165, 1.54) is 12.1 Å². The molecule has 2 atom stereocenters. The topological polar surface area (TPSA) is 57.6 Å². The largest absolute Gasteiger partial charge is 0.384 e. The molecule has 1 aromatic carbocycles. The van der Waals surface area contributed by atoms with Crippen LogP contribution in [0, 0.1) is 29.5 Å². The van der Waals surface area contributed by atoms with Crippen LogP contribution in [0.25, 0.3) is 0 Å². The van der Waals surface area contributed by atoms with Gasteiger partial charge in [-0.1, -0.05) is 11.8 Å². The Morgan fingerprint density at radius 2 is 2.00 bits per heavy atom. The molecule has 2 unspecified atom stereocenters. The Hall–Kier alpha value is -2.19. The van der Waals surface area contributed by atoms with Crippen molar-refractivity contribution in [1.82, 2.24) is 0 Å². The second kappa shape index (κ2) is 4.18. The normalized spacial score (nSPS) is 24.0. The average molecular weight is 259 g/mol. The zero-order valence-electron chi connectivity index (χ0n) is 9.89. The molecule has 3 rings (SSSR count). The van der Waals surface area contributed by atoms with Crippen molar-refractivity contribution >= 4 is 17.5 Å². The van der Waals surface area contributed by atoms with Gasteiger partial charge in [0.15, 0.2) is 0 Å². The van der Waals surface area contributed by atoms with Gasteiger partial charge in [0.05, 0.1) is 23.1 Å². The number of hydrogen-bond acceptors (Lipinski definition) is 3. The summed E-state index contributed by atoms with van der Waals surface area (Å²) >= 11 is 0. The number of fused-ring (bicyclic) bond motifs is 1. The highest BCUT2D eigenvalue weighted by Gasteiger charge is 2.59. The van der Waals surface area contributed by atoms with Gasteiger partial charge in [0, 0.05) is 0 Å². The van der Waals surface area contributed by atoms with Crippen molar-refractivity contribution < 1.29 is 19.1 Å². The fourth-order valence-electron chi connectivity index (χ4n) is 2.36. The van der Waals surface area contributed by atoms with Gasteiger partial charge in [0.1, 0.15) is 12.4 Å². The number of carbonyl (C=O) groups is 2. The number of aliphatic hydroxyl groups excluding tert-OH is 1. The van der Waals surface area contributed by atoms with E-state index < -0.39 is 5.82 Å². The molecule has 1 saturated heterocycles. The molecule has 2 fully saturated rings. The molecule has 0 aromatic heterocycles. The highest BCUT2D eigenvalue weighted by molar-refractivity contribution is 6.25. The Bertz CT molecular complexity index is 624. The Kier molecular flexibility index (Phi) is 2.61. The van der Waals surface area contributed by atoms with Crippen LogP contribution in [0.1, 0.15) is 12.0 Å². The van der Waals surface area contributed by atoms with Crippen molar-refractivity contribution in [3.8, 4) is 11.8 Å². The number of imide groups is 1. The lowest BCUT2D eigenvalue weighted by atomic mass is 10.1. The van der Waals surface area contributed by atoms with E-state index >= 15 is 0 Å². The fourth-order valence-corrected chi connectivity index (χ4v) is 2.36. The van der Waals surface area contributed by atoms with Crippen LogP contribution in [-0.2, 0) is 9.59 Å². The summed E-state index contributed by atoms with van der Waals surface area (Å²) in [6.45, 7) is -0.372. The van der Waals surface area contributed by atoms with Gasteiger partial charge in [-0.25, -0.2) is 9.29 Å². The van der Waals surface area contributed by atoms with Crippen LogP contribution in [0.5, 0.6) is 0 Å². The summed E-state index contributed by atoms with van der Waals surface area (Å²) in [5, 5.41) is 8.69.